The highest BCUT2D eigenvalue weighted by molar-refractivity contribution is 5.58. The van der Waals surface area contributed by atoms with Crippen LogP contribution in [0.3, 0.4) is 0 Å². The summed E-state index contributed by atoms with van der Waals surface area (Å²) in [5.41, 5.74) is 1.26. The third-order valence-electron chi connectivity index (χ3n) is 4.85. The lowest BCUT2D eigenvalue weighted by Crippen LogP contribution is -3.19. The highest BCUT2D eigenvalue weighted by Gasteiger charge is 2.30. The van der Waals surface area contributed by atoms with Crippen LogP contribution in [0.25, 0.3) is 0 Å². The number of anilines is 1. The van der Waals surface area contributed by atoms with Gasteiger partial charge in [0, 0.05) is 12.8 Å². The highest BCUT2D eigenvalue weighted by Crippen LogP contribution is 2.27. The quantitative estimate of drug-likeness (QED) is 0.753. The summed E-state index contributed by atoms with van der Waals surface area (Å²) in [6, 6.07) is 9.29. The second-order valence-corrected chi connectivity index (χ2v) is 5.96. The van der Waals surface area contributed by atoms with E-state index in [-0.39, 0.29) is 0 Å². The number of para-hydroxylation sites is 2. The van der Waals surface area contributed by atoms with Crippen LogP contribution in [-0.2, 0) is 0 Å². The molecule has 0 atom stereocenters. The first-order valence-corrected chi connectivity index (χ1v) is 7.92. The molecule has 2 fully saturated rings. The number of nitrogens with two attached hydrogens (primary N) is 1. The van der Waals surface area contributed by atoms with E-state index >= 15 is 0 Å². The van der Waals surface area contributed by atoms with Crippen LogP contribution < -0.4 is 19.9 Å². The Morgan fingerprint density at radius 3 is 2.55 bits per heavy atom. The molecule has 2 aliphatic rings. The molecule has 3 N–H and O–H groups in total. The van der Waals surface area contributed by atoms with Crippen LogP contribution in [0, 0.1) is 0 Å². The minimum absolute atomic E-state index is 0.903. The van der Waals surface area contributed by atoms with Crippen molar-refractivity contribution in [1.29, 1.82) is 0 Å². The number of nitrogens with one attached hydrogen (secondary N) is 1. The van der Waals surface area contributed by atoms with Gasteiger partial charge in [-0.05, 0) is 12.1 Å². The molecule has 0 saturated carbocycles. The maximum Gasteiger partial charge on any atom is 0.142 e. The summed E-state index contributed by atoms with van der Waals surface area (Å²) < 4.78 is 5.49. The Morgan fingerprint density at radius 2 is 1.85 bits per heavy atom. The first kappa shape index (κ1) is 13.7. The molecular weight excluding hydrogens is 250 g/mol. The van der Waals surface area contributed by atoms with Crippen molar-refractivity contribution in [3.63, 3.8) is 0 Å². The maximum absolute atomic E-state index is 5.49. The fourth-order valence-corrected chi connectivity index (χ4v) is 3.67. The molecular formula is C16H27N3O+2. The van der Waals surface area contributed by atoms with Gasteiger partial charge < -0.3 is 19.9 Å². The highest BCUT2D eigenvalue weighted by atomic mass is 16.5. The summed E-state index contributed by atoms with van der Waals surface area (Å²) in [4.78, 5) is 4.31. The topological polar surface area (TPSA) is 33.5 Å². The Kier molecular flexibility index (Phi) is 4.43. The van der Waals surface area contributed by atoms with Crippen molar-refractivity contribution < 1.29 is 15.0 Å². The van der Waals surface area contributed by atoms with Crippen LogP contribution in [0.15, 0.2) is 24.3 Å². The van der Waals surface area contributed by atoms with E-state index < -0.39 is 0 Å². The maximum atomic E-state index is 5.49. The van der Waals surface area contributed by atoms with Gasteiger partial charge in [0.05, 0.1) is 58.1 Å². The van der Waals surface area contributed by atoms with Gasteiger partial charge in [0.25, 0.3) is 0 Å². The number of ether oxygens (including phenoxy) is 1. The number of methoxy groups -OCH3 is 1. The van der Waals surface area contributed by atoms with E-state index in [1.165, 1.54) is 44.7 Å². The second-order valence-electron chi connectivity index (χ2n) is 5.96. The minimum atomic E-state index is 0.903. The summed E-state index contributed by atoms with van der Waals surface area (Å²) >= 11 is 0. The molecule has 0 bridgehead atoms. The predicted octanol–water partition coefficient (Wildman–Crippen LogP) is -0.874. The Bertz CT molecular complexity index is 423. The molecule has 3 rings (SSSR count). The summed E-state index contributed by atoms with van der Waals surface area (Å²) in [5, 5.41) is 2.46. The predicted molar refractivity (Wildman–Crippen MR) is 80.6 cm³/mol. The average Bonchev–Trinajstić information content (AvgIpc) is 2.56. The Balaban J connectivity index is 1.60. The SMILES string of the molecule is COc1ccccc1N1CC[NH+](C2CC[NH2+]CC2)CC1. The van der Waals surface area contributed by atoms with Gasteiger partial charge in [0.2, 0.25) is 0 Å². The number of hydrogen-bond acceptors (Lipinski definition) is 2. The van der Waals surface area contributed by atoms with Crippen molar-refractivity contribution in [2.45, 2.75) is 18.9 Å². The van der Waals surface area contributed by atoms with E-state index in [0.717, 1.165) is 24.9 Å². The molecule has 0 amide bonds. The molecule has 2 saturated heterocycles. The minimum Gasteiger partial charge on any atom is -0.495 e. The second kappa shape index (κ2) is 6.46. The number of quaternary nitrogens is 2. The lowest BCUT2D eigenvalue weighted by molar-refractivity contribution is -0.933. The average molecular weight is 277 g/mol. The monoisotopic (exact) mass is 277 g/mol. The van der Waals surface area contributed by atoms with Gasteiger partial charge >= 0.3 is 0 Å². The van der Waals surface area contributed by atoms with E-state index in [9.17, 15) is 0 Å². The van der Waals surface area contributed by atoms with Crippen molar-refractivity contribution in [3.05, 3.63) is 24.3 Å². The number of rotatable bonds is 3. The van der Waals surface area contributed by atoms with Gasteiger partial charge in [0.15, 0.2) is 0 Å². The van der Waals surface area contributed by atoms with Crippen molar-refractivity contribution in [1.82, 2.24) is 0 Å². The first-order valence-electron chi connectivity index (χ1n) is 7.92. The summed E-state index contributed by atoms with van der Waals surface area (Å²) in [6.45, 7) is 7.48. The lowest BCUT2D eigenvalue weighted by Gasteiger charge is -2.38. The molecule has 2 heterocycles. The molecule has 2 aliphatic heterocycles. The van der Waals surface area contributed by atoms with E-state index in [4.69, 9.17) is 4.74 Å². The standard InChI is InChI=1S/C16H25N3O/c1-20-16-5-3-2-4-15(16)19-12-10-18(11-13-19)14-6-8-17-9-7-14/h2-5,14,17H,6-13H2,1H3/p+2. The zero-order chi connectivity index (χ0) is 13.8. The lowest BCUT2D eigenvalue weighted by atomic mass is 10.0. The van der Waals surface area contributed by atoms with Crippen molar-refractivity contribution in [2.75, 3.05) is 51.3 Å². The molecule has 0 radical (unpaired) electrons. The number of piperidine rings is 1. The smallest absolute Gasteiger partial charge is 0.142 e. The first-order chi connectivity index (χ1) is 9.88. The zero-order valence-corrected chi connectivity index (χ0v) is 12.5. The van der Waals surface area contributed by atoms with E-state index in [1.54, 1.807) is 7.11 Å². The van der Waals surface area contributed by atoms with Gasteiger partial charge in [-0.15, -0.1) is 0 Å². The van der Waals surface area contributed by atoms with Crippen molar-refractivity contribution in [2.24, 2.45) is 0 Å². The van der Waals surface area contributed by atoms with E-state index in [2.05, 4.69) is 28.4 Å². The Morgan fingerprint density at radius 1 is 1.15 bits per heavy atom. The van der Waals surface area contributed by atoms with Crippen LogP contribution in [0.2, 0.25) is 0 Å². The number of nitrogens with zero attached hydrogens (tertiary/aromatic N) is 1. The molecule has 1 aromatic carbocycles. The molecule has 4 nitrogen and oxygen atoms in total. The molecule has 0 unspecified atom stereocenters. The molecule has 0 aliphatic carbocycles. The number of piperazine rings is 1. The molecule has 4 heteroatoms. The largest absolute Gasteiger partial charge is 0.495 e. The van der Waals surface area contributed by atoms with Gasteiger partial charge in [-0.3, -0.25) is 0 Å². The van der Waals surface area contributed by atoms with Gasteiger partial charge in [0.1, 0.15) is 5.75 Å². The third-order valence-corrected chi connectivity index (χ3v) is 4.85. The van der Waals surface area contributed by atoms with Gasteiger partial charge in [-0.2, -0.15) is 0 Å². The van der Waals surface area contributed by atoms with Crippen LogP contribution >= 0.6 is 0 Å². The molecule has 1 aromatic rings. The Hall–Kier alpha value is -1.26. The third kappa shape index (κ3) is 2.91. The summed E-state index contributed by atoms with van der Waals surface area (Å²) in [5.74, 6) is 1.00. The fraction of sp³-hybridized carbons (Fsp3) is 0.625. The summed E-state index contributed by atoms with van der Waals surface area (Å²) in [6.07, 6.45) is 2.79. The van der Waals surface area contributed by atoms with Gasteiger partial charge in [-0.25, -0.2) is 0 Å². The normalized spacial score (nSPS) is 21.9. The van der Waals surface area contributed by atoms with Crippen LogP contribution in [0.5, 0.6) is 5.75 Å². The summed E-state index contributed by atoms with van der Waals surface area (Å²) in [7, 11) is 1.76. The van der Waals surface area contributed by atoms with Crippen LogP contribution in [0.1, 0.15) is 12.8 Å². The van der Waals surface area contributed by atoms with Crippen molar-refractivity contribution in [3.8, 4) is 5.75 Å². The molecule has 20 heavy (non-hydrogen) atoms. The molecule has 110 valence electrons. The van der Waals surface area contributed by atoms with Crippen molar-refractivity contribution >= 4 is 5.69 Å². The fourth-order valence-electron chi connectivity index (χ4n) is 3.67. The molecule has 0 spiro atoms. The van der Waals surface area contributed by atoms with Gasteiger partial charge in [-0.1, -0.05) is 12.1 Å². The van der Waals surface area contributed by atoms with Crippen LogP contribution in [0.4, 0.5) is 5.69 Å². The van der Waals surface area contributed by atoms with E-state index in [1.807, 2.05) is 11.0 Å². The molecule has 0 aromatic heterocycles. The van der Waals surface area contributed by atoms with Crippen LogP contribution in [-0.4, -0.2) is 52.4 Å². The zero-order valence-electron chi connectivity index (χ0n) is 12.5. The van der Waals surface area contributed by atoms with E-state index in [0.29, 0.717) is 0 Å². The number of benzene rings is 1. The number of hydrogen-bond donors (Lipinski definition) is 2. The Labute approximate surface area is 121 Å².